The van der Waals surface area contributed by atoms with Gasteiger partial charge in [-0.1, -0.05) is 12.1 Å². The van der Waals surface area contributed by atoms with E-state index in [2.05, 4.69) is 16.0 Å². The maximum Gasteiger partial charge on any atom is 0.404 e. The van der Waals surface area contributed by atoms with Crippen LogP contribution in [0.2, 0.25) is 0 Å². The number of carbonyl (C=O) groups is 1. The second-order valence-electron chi connectivity index (χ2n) is 5.75. The summed E-state index contributed by atoms with van der Waals surface area (Å²) in [4.78, 5) is 10.4. The number of nitrogens with one attached hydrogen (secondary N) is 4. The lowest BCUT2D eigenvalue weighted by Crippen LogP contribution is -2.36. The van der Waals surface area contributed by atoms with Crippen LogP contribution in [0.5, 0.6) is 0 Å². The molecule has 1 fully saturated rings. The van der Waals surface area contributed by atoms with Crippen molar-refractivity contribution in [2.75, 3.05) is 18.4 Å². The molecule has 1 aliphatic rings. The molecule has 0 aromatic heterocycles. The lowest BCUT2D eigenvalue weighted by molar-refractivity contribution is 0.194. The van der Waals surface area contributed by atoms with Gasteiger partial charge in [0.25, 0.3) is 0 Å². The molecule has 126 valence electrons. The average molecular weight is 322 g/mol. The van der Waals surface area contributed by atoms with Gasteiger partial charge in [-0.05, 0) is 32.3 Å². The number of hydrogen-bond donors (Lipinski definition) is 5. The minimum atomic E-state index is -1.07. The van der Waals surface area contributed by atoms with Crippen molar-refractivity contribution in [1.82, 2.24) is 10.6 Å². The number of anilines is 1. The molecular formula is C16H23FN4O2. The van der Waals surface area contributed by atoms with Crippen molar-refractivity contribution in [2.24, 2.45) is 0 Å². The highest BCUT2D eigenvalue weighted by molar-refractivity contribution is 6.06. The number of rotatable bonds is 9. The largest absolute Gasteiger partial charge is 0.465 e. The summed E-state index contributed by atoms with van der Waals surface area (Å²) in [6.07, 6.45) is 1.71. The molecule has 1 aliphatic carbocycles. The third-order valence-corrected chi connectivity index (χ3v) is 3.73. The van der Waals surface area contributed by atoms with Crippen LogP contribution in [0, 0.1) is 11.2 Å². The van der Waals surface area contributed by atoms with Gasteiger partial charge < -0.3 is 26.5 Å². The van der Waals surface area contributed by atoms with E-state index >= 15 is 0 Å². The summed E-state index contributed by atoms with van der Waals surface area (Å²) in [6, 6.07) is 5.01. The Labute approximate surface area is 135 Å². The molecule has 1 aromatic rings. The zero-order valence-corrected chi connectivity index (χ0v) is 13.2. The van der Waals surface area contributed by atoms with Crippen LogP contribution in [-0.4, -0.2) is 42.1 Å². The van der Waals surface area contributed by atoms with Crippen LogP contribution in [-0.2, 0) is 0 Å². The quantitative estimate of drug-likeness (QED) is 0.356. The summed E-state index contributed by atoms with van der Waals surface area (Å²) < 4.78 is 14.1. The molecule has 1 saturated carbocycles. The van der Waals surface area contributed by atoms with Gasteiger partial charge in [0.05, 0.1) is 11.4 Å². The van der Waals surface area contributed by atoms with Crippen LogP contribution in [0.4, 0.5) is 14.9 Å². The van der Waals surface area contributed by atoms with Gasteiger partial charge in [0.15, 0.2) is 0 Å². The molecule has 1 amide bonds. The van der Waals surface area contributed by atoms with Gasteiger partial charge in [-0.3, -0.25) is 0 Å². The van der Waals surface area contributed by atoms with E-state index in [4.69, 9.17) is 10.5 Å². The van der Waals surface area contributed by atoms with Crippen LogP contribution in [0.3, 0.4) is 0 Å². The van der Waals surface area contributed by atoms with E-state index in [1.807, 2.05) is 6.92 Å². The Morgan fingerprint density at radius 3 is 2.83 bits per heavy atom. The zero-order chi connectivity index (χ0) is 16.8. The van der Waals surface area contributed by atoms with Crippen molar-refractivity contribution < 1.29 is 14.3 Å². The molecule has 23 heavy (non-hydrogen) atoms. The van der Waals surface area contributed by atoms with Crippen LogP contribution >= 0.6 is 0 Å². The lowest BCUT2D eigenvalue weighted by Gasteiger charge is -2.19. The second kappa shape index (κ2) is 7.92. The van der Waals surface area contributed by atoms with Gasteiger partial charge in [-0.15, -0.1) is 0 Å². The summed E-state index contributed by atoms with van der Waals surface area (Å²) in [5, 5.41) is 25.4. The summed E-state index contributed by atoms with van der Waals surface area (Å²) in [7, 11) is 0. The first-order valence-corrected chi connectivity index (χ1v) is 7.83. The van der Waals surface area contributed by atoms with E-state index in [-0.39, 0.29) is 6.04 Å². The Balaban J connectivity index is 1.97. The van der Waals surface area contributed by atoms with Gasteiger partial charge in [0, 0.05) is 30.7 Å². The molecule has 0 radical (unpaired) electrons. The molecule has 0 bridgehead atoms. The first-order valence-electron chi connectivity index (χ1n) is 7.83. The molecule has 2 rings (SSSR count). The highest BCUT2D eigenvalue weighted by Crippen LogP contribution is 2.24. The maximum absolute atomic E-state index is 14.1. The number of hydrogen-bond acceptors (Lipinski definition) is 4. The Hall–Kier alpha value is -2.15. The Bertz CT molecular complexity index is 575. The lowest BCUT2D eigenvalue weighted by atomic mass is 10.0. The molecule has 1 unspecified atom stereocenters. The van der Waals surface area contributed by atoms with Crippen LogP contribution in [0.15, 0.2) is 18.2 Å². The van der Waals surface area contributed by atoms with Gasteiger partial charge in [-0.2, -0.15) is 0 Å². The monoisotopic (exact) mass is 322 g/mol. The highest BCUT2D eigenvalue weighted by Gasteiger charge is 2.25. The van der Waals surface area contributed by atoms with Crippen LogP contribution < -0.4 is 16.0 Å². The second-order valence-corrected chi connectivity index (χ2v) is 5.75. The molecule has 6 nitrogen and oxygen atoms in total. The van der Waals surface area contributed by atoms with Crippen molar-refractivity contribution in [3.8, 4) is 0 Å². The van der Waals surface area contributed by atoms with E-state index in [1.165, 1.54) is 6.07 Å². The normalized spacial score (nSPS) is 15.0. The summed E-state index contributed by atoms with van der Waals surface area (Å²) in [5.41, 5.74) is 1.19. The van der Waals surface area contributed by atoms with E-state index in [0.29, 0.717) is 42.5 Å². The Morgan fingerprint density at radius 2 is 2.17 bits per heavy atom. The third kappa shape index (κ3) is 5.21. The van der Waals surface area contributed by atoms with Crippen LogP contribution in [0.25, 0.3) is 0 Å². The fraction of sp³-hybridized carbons (Fsp3) is 0.500. The average Bonchev–Trinajstić information content (AvgIpc) is 3.31. The van der Waals surface area contributed by atoms with Gasteiger partial charge in [0.2, 0.25) is 0 Å². The molecule has 0 saturated heterocycles. The number of halogens is 1. The standard InChI is InChI=1S/C16H23FN4O2/c1-10(21-11-6-7-11)14(18)12-4-2-5-13(17)15(12)19-8-3-9-20-16(22)23/h2,4-5,10-11,18-21H,3,6-9H2,1H3,(H,22,23). The van der Waals surface area contributed by atoms with E-state index < -0.39 is 11.9 Å². The molecule has 0 aliphatic heterocycles. The van der Waals surface area contributed by atoms with Crippen molar-refractivity contribution >= 4 is 17.5 Å². The minimum absolute atomic E-state index is 0.140. The summed E-state index contributed by atoms with van der Waals surface area (Å²) in [5.74, 6) is -0.405. The number of carboxylic acid groups (broad SMARTS) is 1. The maximum atomic E-state index is 14.1. The van der Waals surface area contributed by atoms with Crippen molar-refractivity contribution in [1.29, 1.82) is 5.41 Å². The Morgan fingerprint density at radius 1 is 1.43 bits per heavy atom. The van der Waals surface area contributed by atoms with E-state index in [1.54, 1.807) is 12.1 Å². The van der Waals surface area contributed by atoms with E-state index in [0.717, 1.165) is 12.8 Å². The summed E-state index contributed by atoms with van der Waals surface area (Å²) >= 11 is 0. The first-order chi connectivity index (χ1) is 11.0. The predicted molar refractivity (Wildman–Crippen MR) is 88.0 cm³/mol. The molecule has 5 N–H and O–H groups in total. The first kappa shape index (κ1) is 17.2. The number of benzene rings is 1. The molecule has 0 spiro atoms. The molecular weight excluding hydrogens is 299 g/mol. The molecule has 1 atom stereocenters. The molecule has 7 heteroatoms. The number of amides is 1. The van der Waals surface area contributed by atoms with E-state index in [9.17, 15) is 9.18 Å². The third-order valence-electron chi connectivity index (χ3n) is 3.73. The fourth-order valence-electron chi connectivity index (χ4n) is 2.35. The van der Waals surface area contributed by atoms with Gasteiger partial charge in [0.1, 0.15) is 5.82 Å². The van der Waals surface area contributed by atoms with Crippen molar-refractivity contribution in [3.05, 3.63) is 29.6 Å². The van der Waals surface area contributed by atoms with Crippen molar-refractivity contribution in [2.45, 2.75) is 38.3 Å². The minimum Gasteiger partial charge on any atom is -0.465 e. The van der Waals surface area contributed by atoms with Gasteiger partial charge in [-0.25, -0.2) is 9.18 Å². The predicted octanol–water partition coefficient (Wildman–Crippen LogP) is 2.40. The smallest absolute Gasteiger partial charge is 0.404 e. The molecule has 1 aromatic carbocycles. The topological polar surface area (TPSA) is 97.2 Å². The van der Waals surface area contributed by atoms with Gasteiger partial charge >= 0.3 is 6.09 Å². The highest BCUT2D eigenvalue weighted by atomic mass is 19.1. The SMILES string of the molecule is CC(NC1CC1)C(=N)c1cccc(F)c1NCCCNC(=O)O. The van der Waals surface area contributed by atoms with Crippen molar-refractivity contribution in [3.63, 3.8) is 0 Å². The fourth-order valence-corrected chi connectivity index (χ4v) is 2.35. The summed E-state index contributed by atoms with van der Waals surface area (Å²) in [6.45, 7) is 2.63. The Kier molecular flexibility index (Phi) is 5.92. The zero-order valence-electron chi connectivity index (χ0n) is 13.2. The number of para-hydroxylation sites is 1. The van der Waals surface area contributed by atoms with Crippen LogP contribution in [0.1, 0.15) is 31.7 Å². The molecule has 0 heterocycles.